The van der Waals surface area contributed by atoms with Crippen molar-refractivity contribution in [1.29, 1.82) is 0 Å². The molecule has 1 aromatic heterocycles. The van der Waals surface area contributed by atoms with Gasteiger partial charge in [-0.25, -0.2) is 9.37 Å². The summed E-state index contributed by atoms with van der Waals surface area (Å²) in [5, 5.41) is 0.321. The summed E-state index contributed by atoms with van der Waals surface area (Å²) in [6, 6.07) is 4.24. The third-order valence-electron chi connectivity index (χ3n) is 2.76. The van der Waals surface area contributed by atoms with Crippen molar-refractivity contribution < 1.29 is 9.13 Å². The van der Waals surface area contributed by atoms with Gasteiger partial charge in [-0.15, -0.1) is 0 Å². The summed E-state index contributed by atoms with van der Waals surface area (Å²) >= 11 is 5.99. The van der Waals surface area contributed by atoms with E-state index in [9.17, 15) is 4.39 Å². The van der Waals surface area contributed by atoms with Gasteiger partial charge in [0.1, 0.15) is 17.4 Å². The summed E-state index contributed by atoms with van der Waals surface area (Å²) in [6.45, 7) is 0.264. The molecule has 2 aromatic rings. The molecule has 2 rings (SSSR count). The average molecular weight is 270 g/mol. The van der Waals surface area contributed by atoms with Crippen LogP contribution in [0.1, 0.15) is 5.69 Å². The van der Waals surface area contributed by atoms with E-state index in [0.29, 0.717) is 28.0 Å². The number of rotatable bonds is 3. The molecule has 0 aliphatic carbocycles. The first kappa shape index (κ1) is 12.9. The first-order valence-corrected chi connectivity index (χ1v) is 5.71. The normalized spacial score (nSPS) is 10.7. The van der Waals surface area contributed by atoms with Crippen LogP contribution in [-0.4, -0.2) is 16.7 Å². The second-order valence-electron chi connectivity index (χ2n) is 3.78. The third-order valence-corrected chi connectivity index (χ3v) is 3.06. The first-order valence-electron chi connectivity index (χ1n) is 5.33. The topological polar surface area (TPSA) is 53.1 Å². The summed E-state index contributed by atoms with van der Waals surface area (Å²) < 4.78 is 20.3. The predicted octanol–water partition coefficient (Wildman–Crippen LogP) is 2.35. The lowest BCUT2D eigenvalue weighted by Crippen LogP contribution is -2.05. The highest BCUT2D eigenvalue weighted by atomic mass is 35.5. The van der Waals surface area contributed by atoms with Crippen LogP contribution in [0.15, 0.2) is 18.2 Å². The van der Waals surface area contributed by atoms with Crippen molar-refractivity contribution in [3.05, 3.63) is 34.9 Å². The number of nitrogens with two attached hydrogens (primary N) is 1. The Hall–Kier alpha value is -1.59. The highest BCUT2D eigenvalue weighted by Crippen LogP contribution is 2.32. The second-order valence-corrected chi connectivity index (χ2v) is 4.14. The number of hydrogen-bond acceptors (Lipinski definition) is 3. The molecular formula is C12H13ClFN3O. The van der Waals surface area contributed by atoms with E-state index in [-0.39, 0.29) is 12.4 Å². The van der Waals surface area contributed by atoms with Crippen LogP contribution in [0.25, 0.3) is 11.4 Å². The van der Waals surface area contributed by atoms with E-state index in [0.717, 1.165) is 0 Å². The summed E-state index contributed by atoms with van der Waals surface area (Å²) in [6.07, 6.45) is 0. The van der Waals surface area contributed by atoms with Crippen LogP contribution in [0.5, 0.6) is 5.75 Å². The third kappa shape index (κ3) is 2.07. The van der Waals surface area contributed by atoms with E-state index >= 15 is 0 Å². The molecule has 0 saturated heterocycles. The highest BCUT2D eigenvalue weighted by molar-refractivity contribution is 6.30. The fraction of sp³-hybridized carbons (Fsp3) is 0.250. The lowest BCUT2D eigenvalue weighted by atomic mass is 10.2. The number of hydrogen-bond donors (Lipinski definition) is 1. The molecule has 4 nitrogen and oxygen atoms in total. The van der Waals surface area contributed by atoms with Gasteiger partial charge < -0.3 is 15.0 Å². The second kappa shape index (κ2) is 4.96. The van der Waals surface area contributed by atoms with E-state index in [1.807, 2.05) is 0 Å². The van der Waals surface area contributed by atoms with Gasteiger partial charge in [0.05, 0.1) is 18.4 Å². The fourth-order valence-corrected chi connectivity index (χ4v) is 2.10. The zero-order valence-electron chi connectivity index (χ0n) is 10.1. The number of nitrogens with zero attached hydrogens (tertiary/aromatic N) is 2. The molecule has 0 saturated carbocycles. The van der Waals surface area contributed by atoms with E-state index < -0.39 is 0 Å². The van der Waals surface area contributed by atoms with Crippen molar-refractivity contribution in [2.75, 3.05) is 7.11 Å². The minimum atomic E-state index is -0.362. The Labute approximate surface area is 109 Å². The van der Waals surface area contributed by atoms with Crippen LogP contribution in [0, 0.1) is 5.82 Å². The minimum absolute atomic E-state index is 0.264. The van der Waals surface area contributed by atoms with E-state index in [4.69, 9.17) is 22.1 Å². The van der Waals surface area contributed by atoms with Crippen molar-refractivity contribution in [3.8, 4) is 17.1 Å². The summed E-state index contributed by atoms with van der Waals surface area (Å²) in [5.74, 6) is 0.695. The minimum Gasteiger partial charge on any atom is -0.496 e. The van der Waals surface area contributed by atoms with Gasteiger partial charge in [0.25, 0.3) is 0 Å². The molecule has 18 heavy (non-hydrogen) atoms. The van der Waals surface area contributed by atoms with Crippen molar-refractivity contribution in [1.82, 2.24) is 9.55 Å². The molecule has 0 radical (unpaired) electrons. The van der Waals surface area contributed by atoms with Crippen LogP contribution in [-0.2, 0) is 13.6 Å². The van der Waals surface area contributed by atoms with Gasteiger partial charge in [-0.1, -0.05) is 11.6 Å². The Morgan fingerprint density at radius 2 is 2.22 bits per heavy atom. The molecular weight excluding hydrogens is 257 g/mol. The Bertz CT molecular complexity index is 583. The molecule has 1 heterocycles. The maximum Gasteiger partial charge on any atom is 0.152 e. The molecule has 6 heteroatoms. The highest BCUT2D eigenvalue weighted by Gasteiger charge is 2.17. The van der Waals surface area contributed by atoms with Gasteiger partial charge in [0.2, 0.25) is 0 Å². The molecule has 0 bridgehead atoms. The van der Waals surface area contributed by atoms with Gasteiger partial charge >= 0.3 is 0 Å². The van der Waals surface area contributed by atoms with Crippen molar-refractivity contribution >= 4 is 11.6 Å². The average Bonchev–Trinajstić information content (AvgIpc) is 2.64. The van der Waals surface area contributed by atoms with E-state index in [1.165, 1.54) is 19.2 Å². The SMILES string of the molecule is COc1ccc(F)cc1-c1nc(Cl)c(CN)n1C. The molecule has 0 aliphatic rings. The molecule has 0 unspecified atom stereocenters. The van der Waals surface area contributed by atoms with Crippen molar-refractivity contribution in [3.63, 3.8) is 0 Å². The smallest absolute Gasteiger partial charge is 0.152 e. The quantitative estimate of drug-likeness (QED) is 0.931. The van der Waals surface area contributed by atoms with E-state index in [1.54, 1.807) is 17.7 Å². The van der Waals surface area contributed by atoms with Gasteiger partial charge in [-0.3, -0.25) is 0 Å². The summed E-state index contributed by atoms with van der Waals surface area (Å²) in [7, 11) is 3.30. The maximum absolute atomic E-state index is 13.3. The molecule has 0 atom stereocenters. The summed E-state index contributed by atoms with van der Waals surface area (Å²) in [5.41, 5.74) is 6.83. The van der Waals surface area contributed by atoms with Gasteiger partial charge in [-0.05, 0) is 18.2 Å². The number of ether oxygens (including phenoxy) is 1. The van der Waals surface area contributed by atoms with Crippen LogP contribution >= 0.6 is 11.6 Å². The van der Waals surface area contributed by atoms with Crippen LogP contribution in [0.3, 0.4) is 0 Å². The standard InChI is InChI=1S/C12H13ClFN3O/c1-17-9(6-15)11(13)16-12(17)8-5-7(14)3-4-10(8)18-2/h3-5H,6,15H2,1-2H3. The van der Waals surface area contributed by atoms with Crippen molar-refractivity contribution in [2.24, 2.45) is 12.8 Å². The van der Waals surface area contributed by atoms with E-state index in [2.05, 4.69) is 4.98 Å². The lowest BCUT2D eigenvalue weighted by Gasteiger charge is -2.09. The predicted molar refractivity (Wildman–Crippen MR) is 68.1 cm³/mol. The largest absolute Gasteiger partial charge is 0.496 e. The fourth-order valence-electron chi connectivity index (χ4n) is 1.82. The number of halogens is 2. The molecule has 0 fully saturated rings. The van der Waals surface area contributed by atoms with Crippen molar-refractivity contribution in [2.45, 2.75) is 6.54 Å². The number of methoxy groups -OCH3 is 1. The Morgan fingerprint density at radius 1 is 1.50 bits per heavy atom. The van der Waals surface area contributed by atoms with Gasteiger partial charge in [0.15, 0.2) is 5.15 Å². The van der Waals surface area contributed by atoms with Crippen LogP contribution < -0.4 is 10.5 Å². The molecule has 0 aliphatic heterocycles. The Kier molecular flexibility index (Phi) is 3.54. The van der Waals surface area contributed by atoms with Gasteiger partial charge in [0, 0.05) is 13.6 Å². The molecule has 0 spiro atoms. The maximum atomic E-state index is 13.3. The number of benzene rings is 1. The van der Waals surface area contributed by atoms with Crippen LogP contribution in [0.4, 0.5) is 4.39 Å². The monoisotopic (exact) mass is 269 g/mol. The molecule has 1 aromatic carbocycles. The Morgan fingerprint density at radius 3 is 2.78 bits per heavy atom. The molecule has 96 valence electrons. The zero-order valence-corrected chi connectivity index (χ0v) is 10.8. The van der Waals surface area contributed by atoms with Gasteiger partial charge in [-0.2, -0.15) is 0 Å². The number of aromatic nitrogens is 2. The molecule has 2 N–H and O–H groups in total. The molecule has 0 amide bonds. The Balaban J connectivity index is 2.65. The lowest BCUT2D eigenvalue weighted by molar-refractivity contribution is 0.415. The zero-order chi connectivity index (χ0) is 13.3. The van der Waals surface area contributed by atoms with Crippen LogP contribution in [0.2, 0.25) is 5.15 Å². The number of imidazole rings is 1. The summed E-state index contributed by atoms with van der Waals surface area (Å²) in [4.78, 5) is 4.20. The first-order chi connectivity index (χ1) is 8.58.